The Labute approximate surface area is 134 Å². The van der Waals surface area contributed by atoms with Crippen LogP contribution < -0.4 is 0 Å². The highest BCUT2D eigenvalue weighted by Gasteiger charge is 2.31. The van der Waals surface area contributed by atoms with Gasteiger partial charge < -0.3 is 0 Å². The van der Waals surface area contributed by atoms with Crippen molar-refractivity contribution in [3.05, 3.63) is 57.1 Å². The van der Waals surface area contributed by atoms with E-state index in [1.165, 1.54) is 24.0 Å². The molecule has 2 aliphatic carbocycles. The van der Waals surface area contributed by atoms with Crippen LogP contribution in [0.4, 0.5) is 0 Å². The summed E-state index contributed by atoms with van der Waals surface area (Å²) in [5, 5.41) is 1.11. The molecule has 0 saturated heterocycles. The number of benzene rings is 1. The van der Waals surface area contributed by atoms with Crippen LogP contribution in [-0.2, 0) is 6.42 Å². The van der Waals surface area contributed by atoms with E-state index in [9.17, 15) is 0 Å². The molecule has 2 aromatic rings. The molecule has 1 aromatic heterocycles. The first-order valence-corrected chi connectivity index (χ1v) is 8.30. The summed E-state index contributed by atoms with van der Waals surface area (Å²) in [6, 6.07) is 8.42. The van der Waals surface area contributed by atoms with Gasteiger partial charge in [0.05, 0.1) is 0 Å². The minimum atomic E-state index is 0.244. The van der Waals surface area contributed by atoms with Gasteiger partial charge in [0.25, 0.3) is 0 Å². The van der Waals surface area contributed by atoms with Crippen molar-refractivity contribution in [2.45, 2.75) is 43.9 Å². The molecule has 0 aliphatic heterocycles. The minimum absolute atomic E-state index is 0.244. The zero-order valence-corrected chi connectivity index (χ0v) is 13.2. The van der Waals surface area contributed by atoms with Crippen LogP contribution in [0.2, 0.25) is 10.3 Å². The Morgan fingerprint density at radius 3 is 2.29 bits per heavy atom. The van der Waals surface area contributed by atoms with E-state index < -0.39 is 0 Å². The summed E-state index contributed by atoms with van der Waals surface area (Å²) >= 11 is 12.9. The molecule has 1 fully saturated rings. The highest BCUT2D eigenvalue weighted by molar-refractivity contribution is 6.34. The summed E-state index contributed by atoms with van der Waals surface area (Å²) in [4.78, 5) is 9.14. The van der Waals surface area contributed by atoms with Gasteiger partial charge in [0.1, 0.15) is 16.1 Å². The van der Waals surface area contributed by atoms with Crippen LogP contribution in [0, 0.1) is 0 Å². The molecular formula is C17H16Cl2N2. The molecule has 0 amide bonds. The summed E-state index contributed by atoms with van der Waals surface area (Å²) in [6.07, 6.45) is 5.76. The fraction of sp³-hybridized carbons (Fsp3) is 0.412. The zero-order chi connectivity index (χ0) is 14.4. The summed E-state index contributed by atoms with van der Waals surface area (Å²) in [5.74, 6) is 1.45. The van der Waals surface area contributed by atoms with Gasteiger partial charge in [0.15, 0.2) is 0 Å². The maximum Gasteiger partial charge on any atom is 0.139 e. The van der Waals surface area contributed by atoms with Gasteiger partial charge in [-0.1, -0.05) is 60.3 Å². The molecule has 1 aromatic carbocycles. The normalized spacial score (nSPS) is 21.1. The van der Waals surface area contributed by atoms with Crippen molar-refractivity contribution in [2.24, 2.45) is 0 Å². The van der Waals surface area contributed by atoms with Crippen LogP contribution in [0.5, 0.6) is 0 Å². The zero-order valence-electron chi connectivity index (χ0n) is 11.6. The lowest BCUT2D eigenvalue weighted by atomic mass is 9.77. The van der Waals surface area contributed by atoms with E-state index in [-0.39, 0.29) is 5.92 Å². The fourth-order valence-corrected chi connectivity index (χ4v) is 4.34. The number of nitrogens with zero attached hydrogens (tertiary/aromatic N) is 2. The van der Waals surface area contributed by atoms with Crippen molar-refractivity contribution in [2.75, 3.05) is 0 Å². The third-order valence-electron chi connectivity index (χ3n) is 4.80. The molecule has 2 nitrogen and oxygen atoms in total. The fourth-order valence-electron chi connectivity index (χ4n) is 3.63. The standard InChI is InChI=1S/C17H16Cl2N2/c18-15-14(10-5-1-2-6-10)16(19)21-17(20-15)13-9-11-7-3-4-8-12(11)13/h3-4,7-8,10,13H,1-2,5-6,9H2. The second-order valence-corrected chi connectivity index (χ2v) is 6.73. The number of hydrogen-bond acceptors (Lipinski definition) is 2. The van der Waals surface area contributed by atoms with Crippen LogP contribution in [0.15, 0.2) is 24.3 Å². The van der Waals surface area contributed by atoms with Crippen LogP contribution in [0.1, 0.15) is 60.0 Å². The Hall–Kier alpha value is -1.12. The predicted octanol–water partition coefficient (Wildman–Crippen LogP) is 5.13. The smallest absolute Gasteiger partial charge is 0.139 e. The van der Waals surface area contributed by atoms with Gasteiger partial charge in [-0.25, -0.2) is 9.97 Å². The van der Waals surface area contributed by atoms with Gasteiger partial charge >= 0.3 is 0 Å². The summed E-state index contributed by atoms with van der Waals surface area (Å²) < 4.78 is 0. The van der Waals surface area contributed by atoms with Crippen molar-refractivity contribution in [3.63, 3.8) is 0 Å². The lowest BCUT2D eigenvalue weighted by molar-refractivity contribution is 0.648. The lowest BCUT2D eigenvalue weighted by Gasteiger charge is -2.29. The van der Waals surface area contributed by atoms with Gasteiger partial charge in [0, 0.05) is 11.5 Å². The van der Waals surface area contributed by atoms with Crippen molar-refractivity contribution in [1.82, 2.24) is 9.97 Å². The highest BCUT2D eigenvalue weighted by Crippen LogP contribution is 2.43. The molecule has 0 N–H and O–H groups in total. The molecule has 108 valence electrons. The van der Waals surface area contributed by atoms with Crippen molar-refractivity contribution >= 4 is 23.2 Å². The number of rotatable bonds is 2. The van der Waals surface area contributed by atoms with Crippen LogP contribution in [0.25, 0.3) is 0 Å². The number of fused-ring (bicyclic) bond motifs is 1. The molecule has 21 heavy (non-hydrogen) atoms. The average Bonchev–Trinajstić information content (AvgIpc) is 2.93. The second kappa shape index (κ2) is 5.26. The molecule has 0 bridgehead atoms. The number of aromatic nitrogens is 2. The Kier molecular flexibility index (Phi) is 3.39. The molecule has 2 aliphatic rings. The second-order valence-electron chi connectivity index (χ2n) is 6.01. The Bertz CT molecular complexity index is 670. The first-order chi connectivity index (χ1) is 10.2. The van der Waals surface area contributed by atoms with Crippen LogP contribution >= 0.6 is 23.2 Å². The molecule has 4 heteroatoms. The molecule has 1 heterocycles. The summed E-state index contributed by atoms with van der Waals surface area (Å²) in [5.41, 5.74) is 3.64. The molecule has 4 rings (SSSR count). The third-order valence-corrected chi connectivity index (χ3v) is 5.38. The average molecular weight is 319 g/mol. The Morgan fingerprint density at radius 2 is 1.62 bits per heavy atom. The van der Waals surface area contributed by atoms with E-state index in [1.54, 1.807) is 0 Å². The van der Waals surface area contributed by atoms with Gasteiger partial charge in [-0.05, 0) is 36.3 Å². The van der Waals surface area contributed by atoms with Gasteiger partial charge in [-0.3, -0.25) is 0 Å². The molecular weight excluding hydrogens is 303 g/mol. The van der Waals surface area contributed by atoms with E-state index in [0.29, 0.717) is 16.2 Å². The highest BCUT2D eigenvalue weighted by atomic mass is 35.5. The first kappa shape index (κ1) is 13.5. The van der Waals surface area contributed by atoms with Gasteiger partial charge in [0.2, 0.25) is 0 Å². The topological polar surface area (TPSA) is 25.8 Å². The predicted molar refractivity (Wildman–Crippen MR) is 85.3 cm³/mol. The van der Waals surface area contributed by atoms with Crippen LogP contribution in [-0.4, -0.2) is 9.97 Å². The maximum absolute atomic E-state index is 6.43. The number of hydrogen-bond donors (Lipinski definition) is 0. The van der Waals surface area contributed by atoms with Crippen molar-refractivity contribution < 1.29 is 0 Å². The maximum atomic E-state index is 6.43. The Balaban J connectivity index is 1.70. The van der Waals surface area contributed by atoms with E-state index >= 15 is 0 Å². The van der Waals surface area contributed by atoms with E-state index in [4.69, 9.17) is 23.2 Å². The van der Waals surface area contributed by atoms with Gasteiger partial charge in [-0.15, -0.1) is 0 Å². The molecule has 1 saturated carbocycles. The van der Waals surface area contributed by atoms with E-state index in [0.717, 1.165) is 30.7 Å². The molecule has 0 spiro atoms. The molecule has 1 unspecified atom stereocenters. The quantitative estimate of drug-likeness (QED) is 0.717. The van der Waals surface area contributed by atoms with E-state index in [1.807, 2.05) is 0 Å². The summed E-state index contributed by atoms with van der Waals surface area (Å²) in [6.45, 7) is 0. The van der Waals surface area contributed by atoms with E-state index in [2.05, 4.69) is 34.2 Å². The largest absolute Gasteiger partial charge is 0.220 e. The van der Waals surface area contributed by atoms with Crippen molar-refractivity contribution in [1.29, 1.82) is 0 Å². The molecule has 1 atom stereocenters. The van der Waals surface area contributed by atoms with Crippen molar-refractivity contribution in [3.8, 4) is 0 Å². The SMILES string of the molecule is Clc1nc(C2Cc3ccccc32)nc(Cl)c1C1CCCC1. The first-order valence-electron chi connectivity index (χ1n) is 7.54. The van der Waals surface area contributed by atoms with Crippen LogP contribution in [0.3, 0.4) is 0 Å². The van der Waals surface area contributed by atoms with Gasteiger partial charge in [-0.2, -0.15) is 0 Å². The monoisotopic (exact) mass is 318 g/mol. The molecule has 0 radical (unpaired) electrons. The Morgan fingerprint density at radius 1 is 0.952 bits per heavy atom. The number of halogens is 2. The lowest BCUT2D eigenvalue weighted by Crippen LogP contribution is -2.21. The minimum Gasteiger partial charge on any atom is -0.220 e. The summed E-state index contributed by atoms with van der Waals surface area (Å²) in [7, 11) is 0. The third kappa shape index (κ3) is 2.25.